The molecule has 1 unspecified atom stereocenters. The van der Waals surface area contributed by atoms with E-state index < -0.39 is 10.8 Å². The number of halogens is 1. The average molecular weight is 388 g/mol. The quantitative estimate of drug-likeness (QED) is 0.678. The molecule has 2 aromatic carbocycles. The average Bonchev–Trinajstić information content (AvgIpc) is 3.09. The lowest BCUT2D eigenvalue weighted by Crippen LogP contribution is -2.22. The Kier molecular flexibility index (Phi) is 5.91. The van der Waals surface area contributed by atoms with Gasteiger partial charge in [-0.05, 0) is 42.8 Å². The zero-order chi connectivity index (χ0) is 18.5. The zero-order valence-electron chi connectivity index (χ0n) is 14.2. The molecule has 0 fully saturated rings. The van der Waals surface area contributed by atoms with E-state index in [4.69, 9.17) is 16.0 Å². The second kappa shape index (κ2) is 8.34. The molecule has 1 atom stereocenters. The fourth-order valence-corrected chi connectivity index (χ4v) is 3.70. The van der Waals surface area contributed by atoms with Crippen molar-refractivity contribution in [3.05, 3.63) is 88.3 Å². The van der Waals surface area contributed by atoms with Gasteiger partial charge in [0.1, 0.15) is 5.76 Å². The molecule has 26 heavy (non-hydrogen) atoms. The highest BCUT2D eigenvalue weighted by Crippen LogP contribution is 2.18. The van der Waals surface area contributed by atoms with Gasteiger partial charge in [-0.3, -0.25) is 9.00 Å². The van der Waals surface area contributed by atoms with E-state index in [9.17, 15) is 9.00 Å². The molecule has 3 aromatic rings. The van der Waals surface area contributed by atoms with Crippen molar-refractivity contribution in [1.82, 2.24) is 5.32 Å². The molecule has 0 bridgehead atoms. The third-order valence-electron chi connectivity index (χ3n) is 3.79. The Morgan fingerprint density at radius 3 is 2.62 bits per heavy atom. The fraction of sp³-hybridized carbons (Fsp3) is 0.150. The first-order valence-corrected chi connectivity index (χ1v) is 9.77. The molecular weight excluding hydrogens is 370 g/mol. The van der Waals surface area contributed by atoms with Gasteiger partial charge in [-0.1, -0.05) is 47.5 Å². The number of rotatable bonds is 6. The van der Waals surface area contributed by atoms with Gasteiger partial charge in [-0.15, -0.1) is 0 Å². The highest BCUT2D eigenvalue weighted by atomic mass is 35.5. The van der Waals surface area contributed by atoms with Crippen LogP contribution in [0, 0.1) is 6.92 Å². The number of carbonyl (C=O) groups is 1. The molecule has 0 aliphatic rings. The van der Waals surface area contributed by atoms with Crippen LogP contribution in [0.15, 0.2) is 70.0 Å². The van der Waals surface area contributed by atoms with Crippen molar-refractivity contribution < 1.29 is 13.4 Å². The molecule has 0 radical (unpaired) electrons. The minimum absolute atomic E-state index is 0.186. The van der Waals surface area contributed by atoms with E-state index in [1.165, 1.54) is 5.56 Å². The second-order valence-electron chi connectivity index (χ2n) is 5.88. The predicted molar refractivity (Wildman–Crippen MR) is 103 cm³/mol. The number of furan rings is 1. The lowest BCUT2D eigenvalue weighted by molar-refractivity contribution is 0.0921. The molecule has 1 aromatic heterocycles. The molecular formula is C20H18ClNO3S. The first-order valence-electron chi connectivity index (χ1n) is 8.07. The summed E-state index contributed by atoms with van der Waals surface area (Å²) in [6.45, 7) is 2.43. The molecule has 1 heterocycles. The van der Waals surface area contributed by atoms with Crippen molar-refractivity contribution in [3.63, 3.8) is 0 Å². The van der Waals surface area contributed by atoms with Gasteiger partial charge in [0, 0.05) is 16.5 Å². The van der Waals surface area contributed by atoms with Crippen LogP contribution in [0.5, 0.6) is 0 Å². The molecule has 0 aliphatic carbocycles. The van der Waals surface area contributed by atoms with Crippen molar-refractivity contribution in [3.8, 4) is 0 Å². The summed E-state index contributed by atoms with van der Waals surface area (Å²) in [4.78, 5) is 12.8. The highest BCUT2D eigenvalue weighted by Gasteiger charge is 2.13. The monoisotopic (exact) mass is 387 g/mol. The van der Waals surface area contributed by atoms with E-state index in [-0.39, 0.29) is 17.4 Å². The van der Waals surface area contributed by atoms with Crippen LogP contribution in [0.4, 0.5) is 0 Å². The second-order valence-corrected chi connectivity index (χ2v) is 7.77. The van der Waals surface area contributed by atoms with Crippen LogP contribution in [0.3, 0.4) is 0 Å². The molecule has 1 amide bonds. The van der Waals surface area contributed by atoms with E-state index >= 15 is 0 Å². The standard InChI is InChI=1S/C20H18ClNO3S/c1-14-5-7-15(8-6-14)12-22-20(23)19-10-9-17(25-19)13-26(24)18-4-2-3-16(21)11-18/h2-11H,12-13H2,1H3,(H,22,23). The topological polar surface area (TPSA) is 59.3 Å². The van der Waals surface area contributed by atoms with Gasteiger partial charge in [0.15, 0.2) is 5.76 Å². The third-order valence-corrected chi connectivity index (χ3v) is 5.35. The first kappa shape index (κ1) is 18.4. The minimum atomic E-state index is -1.29. The normalized spacial score (nSPS) is 11.9. The molecule has 0 saturated heterocycles. The molecule has 0 aliphatic heterocycles. The zero-order valence-corrected chi connectivity index (χ0v) is 15.8. The van der Waals surface area contributed by atoms with Crippen LogP contribution in [-0.2, 0) is 23.1 Å². The number of benzene rings is 2. The number of aryl methyl sites for hydroxylation is 1. The van der Waals surface area contributed by atoms with Crippen LogP contribution in [0.2, 0.25) is 5.02 Å². The van der Waals surface area contributed by atoms with Crippen molar-refractivity contribution in [2.24, 2.45) is 0 Å². The van der Waals surface area contributed by atoms with Crippen LogP contribution in [-0.4, -0.2) is 10.1 Å². The maximum Gasteiger partial charge on any atom is 0.287 e. The maximum atomic E-state index is 12.4. The fourth-order valence-electron chi connectivity index (χ4n) is 2.37. The summed E-state index contributed by atoms with van der Waals surface area (Å²) in [5.41, 5.74) is 2.18. The minimum Gasteiger partial charge on any atom is -0.455 e. The number of nitrogens with one attached hydrogen (secondary N) is 1. The Bertz CT molecular complexity index is 934. The molecule has 0 saturated carbocycles. The van der Waals surface area contributed by atoms with Crippen LogP contribution in [0.25, 0.3) is 0 Å². The van der Waals surface area contributed by atoms with E-state index in [0.717, 1.165) is 5.56 Å². The summed E-state index contributed by atoms with van der Waals surface area (Å²) in [5.74, 6) is 0.579. The molecule has 0 spiro atoms. The van der Waals surface area contributed by atoms with Crippen molar-refractivity contribution in [2.75, 3.05) is 0 Å². The molecule has 6 heteroatoms. The SMILES string of the molecule is Cc1ccc(CNC(=O)c2ccc(CS(=O)c3cccc(Cl)c3)o2)cc1. The largest absolute Gasteiger partial charge is 0.455 e. The molecule has 3 rings (SSSR count). The van der Waals surface area contributed by atoms with Gasteiger partial charge in [-0.25, -0.2) is 0 Å². The van der Waals surface area contributed by atoms with Crippen LogP contribution in [0.1, 0.15) is 27.4 Å². The molecule has 1 N–H and O–H groups in total. The van der Waals surface area contributed by atoms with Gasteiger partial charge < -0.3 is 9.73 Å². The summed E-state index contributed by atoms with van der Waals surface area (Å²) in [7, 11) is -1.29. The lowest BCUT2D eigenvalue weighted by atomic mass is 10.1. The van der Waals surface area contributed by atoms with Gasteiger partial charge in [-0.2, -0.15) is 0 Å². The Hall–Kier alpha value is -2.37. The van der Waals surface area contributed by atoms with Crippen LogP contribution < -0.4 is 5.32 Å². The van der Waals surface area contributed by atoms with E-state index in [2.05, 4.69) is 5.32 Å². The van der Waals surface area contributed by atoms with E-state index in [1.54, 1.807) is 36.4 Å². The summed E-state index contributed by atoms with van der Waals surface area (Å²) in [6, 6.07) is 18.1. The number of hydrogen-bond acceptors (Lipinski definition) is 3. The van der Waals surface area contributed by atoms with E-state index in [1.807, 2.05) is 31.2 Å². The van der Waals surface area contributed by atoms with Gasteiger partial charge in [0.2, 0.25) is 0 Å². The third kappa shape index (κ3) is 4.84. The summed E-state index contributed by atoms with van der Waals surface area (Å²) < 4.78 is 17.9. The lowest BCUT2D eigenvalue weighted by Gasteiger charge is -2.04. The molecule has 134 valence electrons. The van der Waals surface area contributed by atoms with Gasteiger partial charge in [0.25, 0.3) is 5.91 Å². The maximum absolute atomic E-state index is 12.4. The van der Waals surface area contributed by atoms with Crippen molar-refractivity contribution in [1.29, 1.82) is 0 Å². The summed E-state index contributed by atoms with van der Waals surface area (Å²) in [6.07, 6.45) is 0. The summed E-state index contributed by atoms with van der Waals surface area (Å²) in [5, 5.41) is 3.35. The Morgan fingerprint density at radius 2 is 1.88 bits per heavy atom. The predicted octanol–water partition coefficient (Wildman–Crippen LogP) is 4.48. The Labute approximate surface area is 159 Å². The van der Waals surface area contributed by atoms with Gasteiger partial charge >= 0.3 is 0 Å². The highest BCUT2D eigenvalue weighted by molar-refractivity contribution is 7.84. The number of carbonyl (C=O) groups excluding carboxylic acids is 1. The Balaban J connectivity index is 1.59. The first-order chi connectivity index (χ1) is 12.5. The van der Waals surface area contributed by atoms with Crippen molar-refractivity contribution >= 4 is 28.3 Å². The number of amides is 1. The van der Waals surface area contributed by atoms with Crippen LogP contribution >= 0.6 is 11.6 Å². The van der Waals surface area contributed by atoms with Gasteiger partial charge in [0.05, 0.1) is 16.6 Å². The smallest absolute Gasteiger partial charge is 0.287 e. The number of hydrogen-bond donors (Lipinski definition) is 1. The van der Waals surface area contributed by atoms with Crippen molar-refractivity contribution in [2.45, 2.75) is 24.1 Å². The van der Waals surface area contributed by atoms with E-state index in [0.29, 0.717) is 22.2 Å². The molecule has 4 nitrogen and oxygen atoms in total. The summed E-state index contributed by atoms with van der Waals surface area (Å²) >= 11 is 5.92. The Morgan fingerprint density at radius 1 is 1.12 bits per heavy atom.